The number of anilines is 1. The third-order valence-corrected chi connectivity index (χ3v) is 4.03. The highest BCUT2D eigenvalue weighted by Crippen LogP contribution is 2.18. The number of ether oxygens (including phenoxy) is 1. The van der Waals surface area contributed by atoms with Gasteiger partial charge in [0.05, 0.1) is 4.88 Å². The number of carbonyl (C=O) groups excluding carboxylic acids is 3. The summed E-state index contributed by atoms with van der Waals surface area (Å²) in [7, 11) is 0. The average Bonchev–Trinajstić information content (AvgIpc) is 3.08. The van der Waals surface area contributed by atoms with Gasteiger partial charge in [0, 0.05) is 11.1 Å². The Morgan fingerprint density at radius 3 is 2.32 bits per heavy atom. The first kappa shape index (κ1) is 18.7. The first-order valence-electron chi connectivity index (χ1n) is 7.69. The fourth-order valence-corrected chi connectivity index (χ4v) is 2.41. The fraction of sp³-hybridized carbons (Fsp3) is 0.278. The van der Waals surface area contributed by atoms with Crippen molar-refractivity contribution in [2.75, 3.05) is 11.9 Å². The summed E-state index contributed by atoms with van der Waals surface area (Å²) >= 11 is 1.36. The minimum Gasteiger partial charge on any atom is -0.425 e. The average molecular weight is 360 g/mol. The lowest BCUT2D eigenvalue weighted by Gasteiger charge is -2.17. The van der Waals surface area contributed by atoms with Crippen LogP contribution >= 0.6 is 11.3 Å². The van der Waals surface area contributed by atoms with Crippen LogP contribution in [0.2, 0.25) is 0 Å². The molecule has 25 heavy (non-hydrogen) atoms. The van der Waals surface area contributed by atoms with Crippen LogP contribution in [-0.4, -0.2) is 24.3 Å². The van der Waals surface area contributed by atoms with E-state index in [0.29, 0.717) is 16.3 Å². The third-order valence-electron chi connectivity index (χ3n) is 3.16. The molecule has 2 aromatic rings. The molecule has 0 saturated carbocycles. The molecule has 0 atom stereocenters. The van der Waals surface area contributed by atoms with E-state index in [-0.39, 0.29) is 18.4 Å². The Labute approximate surface area is 150 Å². The number of esters is 1. The molecule has 2 rings (SSSR count). The van der Waals surface area contributed by atoms with E-state index >= 15 is 0 Å². The van der Waals surface area contributed by atoms with Crippen molar-refractivity contribution >= 4 is 34.8 Å². The molecule has 0 spiro atoms. The molecule has 2 N–H and O–H groups in total. The van der Waals surface area contributed by atoms with Gasteiger partial charge < -0.3 is 15.4 Å². The van der Waals surface area contributed by atoms with Crippen LogP contribution in [0.3, 0.4) is 0 Å². The van der Waals surface area contributed by atoms with Gasteiger partial charge in [0.15, 0.2) is 0 Å². The summed E-state index contributed by atoms with van der Waals surface area (Å²) in [5, 5.41) is 7.11. The van der Waals surface area contributed by atoms with Gasteiger partial charge in [0.1, 0.15) is 12.3 Å². The Morgan fingerprint density at radius 2 is 1.76 bits per heavy atom. The van der Waals surface area contributed by atoms with E-state index in [1.54, 1.807) is 57.2 Å². The molecule has 0 aliphatic heterocycles. The van der Waals surface area contributed by atoms with Crippen LogP contribution in [-0.2, 0) is 9.59 Å². The quantitative estimate of drug-likeness (QED) is 0.634. The molecule has 7 heteroatoms. The second kappa shape index (κ2) is 7.94. The Balaban J connectivity index is 1.84. The molecule has 0 fully saturated rings. The van der Waals surface area contributed by atoms with E-state index in [4.69, 9.17) is 4.74 Å². The Morgan fingerprint density at radius 1 is 1.08 bits per heavy atom. The van der Waals surface area contributed by atoms with Gasteiger partial charge in [-0.3, -0.25) is 9.59 Å². The van der Waals surface area contributed by atoms with Crippen LogP contribution < -0.4 is 15.4 Å². The number of thiophene rings is 1. The molecule has 0 radical (unpaired) electrons. The molecule has 1 aromatic carbocycles. The molecular weight excluding hydrogens is 340 g/mol. The van der Waals surface area contributed by atoms with Gasteiger partial charge in [-0.15, -0.1) is 11.3 Å². The molecule has 1 heterocycles. The maximum Gasteiger partial charge on any atom is 0.330 e. The summed E-state index contributed by atoms with van der Waals surface area (Å²) in [6.45, 7) is 5.08. The molecule has 0 bridgehead atoms. The number of carbonyl (C=O) groups is 3. The van der Waals surface area contributed by atoms with Crippen molar-refractivity contribution < 1.29 is 19.1 Å². The Kier molecular flexibility index (Phi) is 5.93. The minimum absolute atomic E-state index is 0.190. The van der Waals surface area contributed by atoms with Crippen LogP contribution in [0.15, 0.2) is 41.8 Å². The summed E-state index contributed by atoms with van der Waals surface area (Å²) in [5.74, 6) is -0.641. The second-order valence-electron chi connectivity index (χ2n) is 6.36. The highest BCUT2D eigenvalue weighted by Gasteiger charge is 2.21. The van der Waals surface area contributed by atoms with Crippen LogP contribution in [0.4, 0.5) is 5.69 Å². The first-order valence-corrected chi connectivity index (χ1v) is 8.57. The zero-order valence-electron chi connectivity index (χ0n) is 14.3. The SMILES string of the molecule is CC(C)(C)C(=O)NCC(=O)Oc1ccc(NC(=O)c2cccs2)cc1. The molecule has 0 aliphatic carbocycles. The third kappa shape index (κ3) is 5.72. The van der Waals surface area contributed by atoms with Crippen LogP contribution in [0.25, 0.3) is 0 Å². The molecule has 0 unspecified atom stereocenters. The van der Waals surface area contributed by atoms with Crippen molar-refractivity contribution in [2.45, 2.75) is 20.8 Å². The Bertz CT molecular complexity index is 746. The van der Waals surface area contributed by atoms with Crippen LogP contribution in [0.1, 0.15) is 30.4 Å². The topological polar surface area (TPSA) is 84.5 Å². The lowest BCUT2D eigenvalue weighted by molar-refractivity contribution is -0.137. The summed E-state index contributed by atoms with van der Waals surface area (Å²) in [4.78, 5) is 36.0. The second-order valence-corrected chi connectivity index (χ2v) is 7.31. The van der Waals surface area contributed by atoms with Crippen molar-refractivity contribution in [3.05, 3.63) is 46.7 Å². The van der Waals surface area contributed by atoms with Crippen LogP contribution in [0, 0.1) is 5.41 Å². The van der Waals surface area contributed by atoms with Crippen molar-refractivity contribution in [3.8, 4) is 5.75 Å². The summed E-state index contributed by atoms with van der Waals surface area (Å²) in [6.07, 6.45) is 0. The predicted octanol–water partition coefficient (Wildman–Crippen LogP) is 3.07. The van der Waals surface area contributed by atoms with Gasteiger partial charge in [0.25, 0.3) is 5.91 Å². The van der Waals surface area contributed by atoms with Gasteiger partial charge in [-0.25, -0.2) is 4.79 Å². The first-order chi connectivity index (χ1) is 11.8. The van der Waals surface area contributed by atoms with E-state index in [9.17, 15) is 14.4 Å². The Hall–Kier alpha value is -2.67. The number of benzene rings is 1. The van der Waals surface area contributed by atoms with Crippen molar-refractivity contribution in [3.63, 3.8) is 0 Å². The predicted molar refractivity (Wildman–Crippen MR) is 96.8 cm³/mol. The summed E-state index contributed by atoms with van der Waals surface area (Å²) < 4.78 is 5.15. The normalized spacial score (nSPS) is 10.8. The standard InChI is InChI=1S/C18H20N2O4S/c1-18(2,3)17(23)19-11-15(21)24-13-8-6-12(7-9-13)20-16(22)14-5-4-10-25-14/h4-10H,11H2,1-3H3,(H,19,23)(H,20,22). The van der Waals surface area contributed by atoms with Crippen LogP contribution in [0.5, 0.6) is 5.75 Å². The fourth-order valence-electron chi connectivity index (χ4n) is 1.79. The van der Waals surface area contributed by atoms with E-state index in [0.717, 1.165) is 0 Å². The van der Waals surface area contributed by atoms with Crippen molar-refractivity contribution in [1.29, 1.82) is 0 Å². The number of hydrogen-bond donors (Lipinski definition) is 2. The van der Waals surface area contributed by atoms with E-state index in [2.05, 4.69) is 10.6 Å². The zero-order chi connectivity index (χ0) is 18.4. The molecule has 0 aliphatic rings. The van der Waals surface area contributed by atoms with E-state index < -0.39 is 11.4 Å². The van der Waals surface area contributed by atoms with Crippen molar-refractivity contribution in [1.82, 2.24) is 5.32 Å². The molecule has 6 nitrogen and oxygen atoms in total. The lowest BCUT2D eigenvalue weighted by Crippen LogP contribution is -2.39. The monoisotopic (exact) mass is 360 g/mol. The van der Waals surface area contributed by atoms with E-state index in [1.807, 2.05) is 5.38 Å². The molecule has 0 saturated heterocycles. The highest BCUT2D eigenvalue weighted by molar-refractivity contribution is 7.12. The van der Waals surface area contributed by atoms with Crippen molar-refractivity contribution in [2.24, 2.45) is 5.41 Å². The van der Waals surface area contributed by atoms with Gasteiger partial charge in [-0.05, 0) is 35.7 Å². The van der Waals surface area contributed by atoms with E-state index in [1.165, 1.54) is 11.3 Å². The number of hydrogen-bond acceptors (Lipinski definition) is 5. The van der Waals surface area contributed by atoms with Gasteiger partial charge in [0.2, 0.25) is 5.91 Å². The van der Waals surface area contributed by atoms with Gasteiger partial charge >= 0.3 is 5.97 Å². The molecule has 2 amide bonds. The summed E-state index contributed by atoms with van der Waals surface area (Å²) in [6, 6.07) is 9.98. The zero-order valence-corrected chi connectivity index (χ0v) is 15.1. The highest BCUT2D eigenvalue weighted by atomic mass is 32.1. The number of nitrogens with one attached hydrogen (secondary N) is 2. The number of amides is 2. The molecule has 132 valence electrons. The largest absolute Gasteiger partial charge is 0.425 e. The maximum atomic E-state index is 11.9. The summed E-state index contributed by atoms with van der Waals surface area (Å²) in [5.41, 5.74) is 0.0297. The molecular formula is C18H20N2O4S. The molecule has 1 aromatic heterocycles. The maximum absolute atomic E-state index is 11.9. The number of rotatable bonds is 5. The smallest absolute Gasteiger partial charge is 0.330 e. The van der Waals surface area contributed by atoms with Gasteiger partial charge in [-0.1, -0.05) is 26.8 Å². The minimum atomic E-state index is -0.567. The lowest BCUT2D eigenvalue weighted by atomic mass is 9.96. The van der Waals surface area contributed by atoms with Gasteiger partial charge in [-0.2, -0.15) is 0 Å².